The average molecular weight is 264 g/mol. The van der Waals surface area contributed by atoms with Crippen LogP contribution in [0.1, 0.15) is 11.4 Å². The smallest absolute Gasteiger partial charge is 0.200 e. The topological polar surface area (TPSA) is 34.1 Å². The molecule has 0 saturated carbocycles. The van der Waals surface area contributed by atoms with Gasteiger partial charge in [-0.25, -0.2) is 4.39 Å². The van der Waals surface area contributed by atoms with E-state index in [1.165, 1.54) is 12.1 Å². The molecule has 0 bridgehead atoms. The molecule has 1 aromatic carbocycles. The highest BCUT2D eigenvalue weighted by Crippen LogP contribution is 2.20. The lowest BCUT2D eigenvalue weighted by atomic mass is 10.3. The number of nitrogens with one attached hydrogen (secondary N) is 1. The van der Waals surface area contributed by atoms with Crippen LogP contribution in [0.5, 0.6) is 5.75 Å². The SMILES string of the molecule is CNCc1cccc(COc2cccc(F)c2F)n1. The lowest BCUT2D eigenvalue weighted by Crippen LogP contribution is -2.09. The van der Waals surface area contributed by atoms with Crippen LogP contribution in [0.25, 0.3) is 0 Å². The predicted octanol–water partition coefficient (Wildman–Crippen LogP) is 2.66. The summed E-state index contributed by atoms with van der Waals surface area (Å²) in [6.07, 6.45) is 0. The Balaban J connectivity index is 2.06. The fourth-order valence-corrected chi connectivity index (χ4v) is 1.64. The minimum Gasteiger partial charge on any atom is -0.484 e. The van der Waals surface area contributed by atoms with Gasteiger partial charge in [0.15, 0.2) is 11.6 Å². The van der Waals surface area contributed by atoms with E-state index in [0.717, 1.165) is 11.8 Å². The largest absolute Gasteiger partial charge is 0.484 e. The van der Waals surface area contributed by atoms with Gasteiger partial charge in [-0.05, 0) is 31.3 Å². The first-order valence-electron chi connectivity index (χ1n) is 5.87. The van der Waals surface area contributed by atoms with E-state index in [9.17, 15) is 8.78 Å². The Bertz CT molecular complexity index is 561. The zero-order valence-electron chi connectivity index (χ0n) is 10.5. The maximum absolute atomic E-state index is 13.4. The number of pyridine rings is 1. The molecule has 0 unspecified atom stereocenters. The first-order valence-corrected chi connectivity index (χ1v) is 5.87. The summed E-state index contributed by atoms with van der Waals surface area (Å²) in [5.41, 5.74) is 1.53. The zero-order valence-corrected chi connectivity index (χ0v) is 10.5. The van der Waals surface area contributed by atoms with Gasteiger partial charge in [-0.15, -0.1) is 0 Å². The van der Waals surface area contributed by atoms with Gasteiger partial charge in [0, 0.05) is 6.54 Å². The summed E-state index contributed by atoms with van der Waals surface area (Å²) in [5, 5.41) is 2.99. The number of hydrogen-bond acceptors (Lipinski definition) is 3. The molecule has 1 N–H and O–H groups in total. The van der Waals surface area contributed by atoms with Gasteiger partial charge >= 0.3 is 0 Å². The van der Waals surface area contributed by atoms with Crippen LogP contribution < -0.4 is 10.1 Å². The molecule has 0 saturated heterocycles. The maximum Gasteiger partial charge on any atom is 0.200 e. The van der Waals surface area contributed by atoms with E-state index >= 15 is 0 Å². The molecule has 5 heteroatoms. The quantitative estimate of drug-likeness (QED) is 0.901. The van der Waals surface area contributed by atoms with Crippen molar-refractivity contribution in [2.75, 3.05) is 7.05 Å². The summed E-state index contributed by atoms with van der Waals surface area (Å²) in [4.78, 5) is 4.33. The van der Waals surface area contributed by atoms with Crippen molar-refractivity contribution in [3.63, 3.8) is 0 Å². The van der Waals surface area contributed by atoms with Crippen LogP contribution in [0.4, 0.5) is 8.78 Å². The molecular weight excluding hydrogens is 250 g/mol. The van der Waals surface area contributed by atoms with Crippen LogP contribution in [-0.4, -0.2) is 12.0 Å². The van der Waals surface area contributed by atoms with Crippen LogP contribution in [0, 0.1) is 11.6 Å². The van der Waals surface area contributed by atoms with Crippen LogP contribution in [-0.2, 0) is 13.2 Å². The molecule has 0 atom stereocenters. The van der Waals surface area contributed by atoms with Crippen molar-refractivity contribution < 1.29 is 13.5 Å². The van der Waals surface area contributed by atoms with Gasteiger partial charge < -0.3 is 10.1 Å². The van der Waals surface area contributed by atoms with Gasteiger partial charge in [-0.1, -0.05) is 12.1 Å². The van der Waals surface area contributed by atoms with Crippen LogP contribution in [0.2, 0.25) is 0 Å². The third-order valence-corrected chi connectivity index (χ3v) is 2.51. The van der Waals surface area contributed by atoms with Crippen LogP contribution in [0.3, 0.4) is 0 Å². The molecule has 0 spiro atoms. The van der Waals surface area contributed by atoms with Gasteiger partial charge in [0.05, 0.1) is 11.4 Å². The van der Waals surface area contributed by atoms with Crippen molar-refractivity contribution in [3.8, 4) is 5.75 Å². The van der Waals surface area contributed by atoms with E-state index in [4.69, 9.17) is 4.74 Å². The Morgan fingerprint density at radius 2 is 1.84 bits per heavy atom. The van der Waals surface area contributed by atoms with Gasteiger partial charge in [0.25, 0.3) is 0 Å². The summed E-state index contributed by atoms with van der Waals surface area (Å²) < 4.78 is 31.6. The van der Waals surface area contributed by atoms with Gasteiger partial charge in [0.1, 0.15) is 6.61 Å². The summed E-state index contributed by atoms with van der Waals surface area (Å²) in [6, 6.07) is 9.34. The van der Waals surface area contributed by atoms with E-state index < -0.39 is 11.6 Å². The third-order valence-electron chi connectivity index (χ3n) is 2.51. The molecule has 0 aliphatic carbocycles. The van der Waals surface area contributed by atoms with E-state index in [-0.39, 0.29) is 12.4 Å². The van der Waals surface area contributed by atoms with E-state index in [0.29, 0.717) is 12.2 Å². The number of benzene rings is 1. The minimum atomic E-state index is -0.978. The van der Waals surface area contributed by atoms with Gasteiger partial charge in [-0.3, -0.25) is 4.98 Å². The lowest BCUT2D eigenvalue weighted by Gasteiger charge is -2.08. The standard InChI is InChI=1S/C14H14F2N2O/c1-17-8-10-4-2-5-11(18-10)9-19-13-7-3-6-12(15)14(13)16/h2-7,17H,8-9H2,1H3. The second kappa shape index (κ2) is 6.24. The van der Waals surface area contributed by atoms with Gasteiger partial charge in [0.2, 0.25) is 5.82 Å². The van der Waals surface area contributed by atoms with Gasteiger partial charge in [-0.2, -0.15) is 4.39 Å². The summed E-state index contributed by atoms with van der Waals surface area (Å²) in [5.74, 6) is -2.01. The predicted molar refractivity (Wildman–Crippen MR) is 67.7 cm³/mol. The van der Waals surface area contributed by atoms with Crippen molar-refractivity contribution >= 4 is 0 Å². The molecule has 19 heavy (non-hydrogen) atoms. The van der Waals surface area contributed by atoms with E-state index in [1.807, 2.05) is 19.2 Å². The highest BCUT2D eigenvalue weighted by Gasteiger charge is 2.09. The monoisotopic (exact) mass is 264 g/mol. The Hall–Kier alpha value is -2.01. The van der Waals surface area contributed by atoms with Crippen molar-refractivity contribution in [3.05, 3.63) is 59.4 Å². The van der Waals surface area contributed by atoms with Crippen LogP contribution in [0.15, 0.2) is 36.4 Å². The number of hydrogen-bond donors (Lipinski definition) is 1. The molecular formula is C14H14F2N2O. The Labute approximate surface area is 110 Å². The number of halogens is 2. The first-order chi connectivity index (χ1) is 9.20. The maximum atomic E-state index is 13.4. The molecule has 0 aliphatic heterocycles. The average Bonchev–Trinajstić information content (AvgIpc) is 2.41. The second-order valence-corrected chi connectivity index (χ2v) is 3.99. The summed E-state index contributed by atoms with van der Waals surface area (Å²) >= 11 is 0. The highest BCUT2D eigenvalue weighted by molar-refractivity contribution is 5.25. The first kappa shape index (κ1) is 13.4. The van der Waals surface area contributed by atoms with Crippen molar-refractivity contribution in [2.24, 2.45) is 0 Å². The molecule has 0 amide bonds. The molecule has 100 valence electrons. The Morgan fingerprint density at radius 1 is 1.11 bits per heavy atom. The molecule has 3 nitrogen and oxygen atoms in total. The molecule has 0 fully saturated rings. The van der Waals surface area contributed by atoms with E-state index in [2.05, 4.69) is 10.3 Å². The second-order valence-electron chi connectivity index (χ2n) is 3.99. The van der Waals surface area contributed by atoms with E-state index in [1.54, 1.807) is 6.07 Å². The summed E-state index contributed by atoms with van der Waals surface area (Å²) in [7, 11) is 1.83. The molecule has 2 aromatic rings. The zero-order chi connectivity index (χ0) is 13.7. The van der Waals surface area contributed by atoms with Crippen molar-refractivity contribution in [1.82, 2.24) is 10.3 Å². The lowest BCUT2D eigenvalue weighted by molar-refractivity contribution is 0.280. The molecule has 2 rings (SSSR count). The molecule has 0 aliphatic rings. The number of ether oxygens (including phenoxy) is 1. The fraction of sp³-hybridized carbons (Fsp3) is 0.214. The third kappa shape index (κ3) is 3.48. The molecule has 0 radical (unpaired) electrons. The van der Waals surface area contributed by atoms with Crippen molar-refractivity contribution in [1.29, 1.82) is 0 Å². The highest BCUT2D eigenvalue weighted by atomic mass is 19.2. The van der Waals surface area contributed by atoms with Crippen molar-refractivity contribution in [2.45, 2.75) is 13.2 Å². The summed E-state index contributed by atoms with van der Waals surface area (Å²) in [6.45, 7) is 0.736. The van der Waals surface area contributed by atoms with Crippen LogP contribution >= 0.6 is 0 Å². The fourth-order valence-electron chi connectivity index (χ4n) is 1.64. The molecule has 1 heterocycles. The number of aromatic nitrogens is 1. The minimum absolute atomic E-state index is 0.0952. The number of nitrogens with zero attached hydrogens (tertiary/aromatic N) is 1. The number of rotatable bonds is 5. The normalized spacial score (nSPS) is 10.5. The Kier molecular flexibility index (Phi) is 4.41. The Morgan fingerprint density at radius 3 is 2.63 bits per heavy atom. The molecule has 1 aromatic heterocycles.